The number of ether oxygens (including phenoxy) is 2. The molecule has 0 aliphatic carbocycles. The van der Waals surface area contributed by atoms with Crippen LogP contribution in [0.4, 0.5) is 0 Å². The topological polar surface area (TPSA) is 65.7 Å². The summed E-state index contributed by atoms with van der Waals surface area (Å²) in [5, 5.41) is 1.20. The molecular weight excluding hydrogens is 356 g/mol. The van der Waals surface area contributed by atoms with Gasteiger partial charge in [-0.3, -0.25) is 4.79 Å². The number of halogens is 1. The van der Waals surface area contributed by atoms with Crippen molar-refractivity contribution in [2.24, 2.45) is 0 Å². The lowest BCUT2D eigenvalue weighted by Gasteiger charge is -2.09. The van der Waals surface area contributed by atoms with E-state index in [-0.39, 0.29) is 13.0 Å². The van der Waals surface area contributed by atoms with Crippen LogP contribution >= 0.6 is 11.6 Å². The summed E-state index contributed by atoms with van der Waals surface area (Å²) >= 11 is 6.16. The molecule has 0 bridgehead atoms. The fourth-order valence-corrected chi connectivity index (χ4v) is 2.79. The van der Waals surface area contributed by atoms with Crippen molar-refractivity contribution in [2.45, 2.75) is 20.0 Å². The Hall–Kier alpha value is -2.79. The first-order chi connectivity index (χ1) is 12.5. The van der Waals surface area contributed by atoms with E-state index in [0.717, 1.165) is 11.1 Å². The Morgan fingerprint density at radius 1 is 1.19 bits per heavy atom. The second kappa shape index (κ2) is 7.62. The van der Waals surface area contributed by atoms with E-state index in [1.807, 2.05) is 19.1 Å². The number of aryl methyl sites for hydroxylation is 1. The van der Waals surface area contributed by atoms with Crippen LogP contribution in [0, 0.1) is 6.92 Å². The summed E-state index contributed by atoms with van der Waals surface area (Å²) in [5.41, 5.74) is 2.05. The minimum atomic E-state index is -0.502. The third kappa shape index (κ3) is 4.06. The van der Waals surface area contributed by atoms with Gasteiger partial charge in [0, 0.05) is 22.0 Å². The van der Waals surface area contributed by atoms with Crippen LogP contribution in [0.25, 0.3) is 11.0 Å². The predicted molar refractivity (Wildman–Crippen MR) is 98.7 cm³/mol. The van der Waals surface area contributed by atoms with E-state index in [4.69, 9.17) is 25.5 Å². The largest absolute Gasteiger partial charge is 0.497 e. The van der Waals surface area contributed by atoms with Gasteiger partial charge in [-0.05, 0) is 42.3 Å². The molecule has 0 aliphatic rings. The van der Waals surface area contributed by atoms with Gasteiger partial charge in [0.05, 0.1) is 13.5 Å². The maximum atomic E-state index is 12.1. The molecule has 0 fully saturated rings. The first-order valence-electron chi connectivity index (χ1n) is 7.97. The SMILES string of the molecule is COc1cccc(CC(=O)OCc2cc(=O)oc3cc(C)c(Cl)cc23)c1. The molecule has 1 heterocycles. The Morgan fingerprint density at radius 2 is 2.00 bits per heavy atom. The van der Waals surface area contributed by atoms with E-state index >= 15 is 0 Å². The highest BCUT2D eigenvalue weighted by Gasteiger charge is 2.12. The summed E-state index contributed by atoms with van der Waals surface area (Å²) in [6, 6.07) is 11.9. The molecule has 134 valence electrons. The molecule has 0 amide bonds. The van der Waals surface area contributed by atoms with Crippen molar-refractivity contribution in [1.82, 2.24) is 0 Å². The Bertz CT molecular complexity index is 1020. The van der Waals surface area contributed by atoms with E-state index in [1.165, 1.54) is 6.07 Å². The van der Waals surface area contributed by atoms with Crippen molar-refractivity contribution in [2.75, 3.05) is 7.11 Å². The maximum Gasteiger partial charge on any atom is 0.336 e. The molecule has 0 saturated carbocycles. The molecule has 0 unspecified atom stereocenters. The molecule has 5 nitrogen and oxygen atoms in total. The van der Waals surface area contributed by atoms with Crippen molar-refractivity contribution in [3.63, 3.8) is 0 Å². The van der Waals surface area contributed by atoms with E-state index in [1.54, 1.807) is 31.4 Å². The summed E-state index contributed by atoms with van der Waals surface area (Å²) in [7, 11) is 1.57. The molecule has 26 heavy (non-hydrogen) atoms. The van der Waals surface area contributed by atoms with Crippen LogP contribution in [0.15, 0.2) is 51.7 Å². The van der Waals surface area contributed by atoms with Gasteiger partial charge >= 0.3 is 11.6 Å². The van der Waals surface area contributed by atoms with Crippen molar-refractivity contribution < 1.29 is 18.7 Å². The van der Waals surface area contributed by atoms with Gasteiger partial charge in [-0.1, -0.05) is 23.7 Å². The second-order valence-electron chi connectivity index (χ2n) is 5.88. The zero-order valence-corrected chi connectivity index (χ0v) is 15.1. The van der Waals surface area contributed by atoms with Gasteiger partial charge in [-0.25, -0.2) is 4.79 Å². The molecule has 6 heteroatoms. The van der Waals surface area contributed by atoms with E-state index in [2.05, 4.69) is 0 Å². The summed E-state index contributed by atoms with van der Waals surface area (Å²) in [4.78, 5) is 23.9. The Labute approximate surface area is 155 Å². The smallest absolute Gasteiger partial charge is 0.336 e. The zero-order chi connectivity index (χ0) is 18.7. The summed E-state index contributed by atoms with van der Waals surface area (Å²) in [6.45, 7) is 1.78. The van der Waals surface area contributed by atoms with Crippen molar-refractivity contribution in [3.05, 3.63) is 74.6 Å². The van der Waals surface area contributed by atoms with E-state index in [0.29, 0.717) is 27.3 Å². The van der Waals surface area contributed by atoms with E-state index < -0.39 is 11.6 Å². The molecule has 0 radical (unpaired) electrons. The molecule has 0 spiro atoms. The first-order valence-corrected chi connectivity index (χ1v) is 8.35. The number of fused-ring (bicyclic) bond motifs is 1. The minimum absolute atomic E-state index is 0.0374. The number of carbonyl (C=O) groups excluding carboxylic acids is 1. The molecular formula is C20H17ClO5. The average Bonchev–Trinajstić information content (AvgIpc) is 2.61. The Morgan fingerprint density at radius 3 is 2.77 bits per heavy atom. The van der Waals surface area contributed by atoms with Crippen LogP contribution < -0.4 is 10.4 Å². The number of hydrogen-bond donors (Lipinski definition) is 0. The predicted octanol–water partition coefficient (Wildman–Crippen LogP) is 4.05. The molecule has 0 aliphatic heterocycles. The molecule has 2 aromatic carbocycles. The quantitative estimate of drug-likeness (QED) is 0.499. The highest BCUT2D eigenvalue weighted by Crippen LogP contribution is 2.25. The Balaban J connectivity index is 1.77. The van der Waals surface area contributed by atoms with Crippen molar-refractivity contribution in [3.8, 4) is 5.75 Å². The standard InChI is InChI=1S/C20H17ClO5/c1-12-6-18-16(10-17(12)21)14(9-20(23)26-18)11-25-19(22)8-13-4-3-5-15(7-13)24-2/h3-7,9-10H,8,11H2,1-2H3. The van der Waals surface area contributed by atoms with Gasteiger partial charge in [0.25, 0.3) is 0 Å². The van der Waals surface area contributed by atoms with Crippen LogP contribution in [-0.4, -0.2) is 13.1 Å². The third-order valence-corrected chi connectivity index (χ3v) is 4.39. The fraction of sp³-hybridized carbons (Fsp3) is 0.200. The molecule has 3 rings (SSSR count). The molecule has 0 saturated heterocycles. The van der Waals surface area contributed by atoms with E-state index in [9.17, 15) is 9.59 Å². The van der Waals surface area contributed by atoms with Crippen LogP contribution in [0.5, 0.6) is 5.75 Å². The summed E-state index contributed by atoms with van der Waals surface area (Å²) in [6.07, 6.45) is 0.108. The normalized spacial score (nSPS) is 10.7. The Kier molecular flexibility index (Phi) is 5.28. The first kappa shape index (κ1) is 18.0. The second-order valence-corrected chi connectivity index (χ2v) is 6.28. The van der Waals surface area contributed by atoms with Gasteiger partial charge in [-0.15, -0.1) is 0 Å². The lowest BCUT2D eigenvalue weighted by atomic mass is 10.1. The summed E-state index contributed by atoms with van der Waals surface area (Å²) in [5.74, 6) is 0.268. The van der Waals surface area contributed by atoms with Crippen molar-refractivity contribution in [1.29, 1.82) is 0 Å². The maximum absolute atomic E-state index is 12.1. The van der Waals surface area contributed by atoms with Crippen LogP contribution in [0.1, 0.15) is 16.7 Å². The highest BCUT2D eigenvalue weighted by molar-refractivity contribution is 6.32. The molecule has 3 aromatic rings. The van der Waals surface area contributed by atoms with Crippen LogP contribution in [0.2, 0.25) is 5.02 Å². The third-order valence-electron chi connectivity index (χ3n) is 3.98. The van der Waals surface area contributed by atoms with Crippen LogP contribution in [-0.2, 0) is 22.6 Å². The molecule has 1 aromatic heterocycles. The monoisotopic (exact) mass is 372 g/mol. The zero-order valence-electron chi connectivity index (χ0n) is 14.4. The van der Waals surface area contributed by atoms with Crippen molar-refractivity contribution >= 4 is 28.5 Å². The number of methoxy groups -OCH3 is 1. The lowest BCUT2D eigenvalue weighted by molar-refractivity contribution is -0.144. The number of hydrogen-bond acceptors (Lipinski definition) is 5. The fourth-order valence-electron chi connectivity index (χ4n) is 2.63. The van der Waals surface area contributed by atoms with Gasteiger partial charge in [-0.2, -0.15) is 0 Å². The number of carbonyl (C=O) groups is 1. The number of rotatable bonds is 5. The minimum Gasteiger partial charge on any atom is -0.497 e. The van der Waals surface area contributed by atoms with Gasteiger partial charge in [0.1, 0.15) is 17.9 Å². The van der Waals surface area contributed by atoms with Gasteiger partial charge in [0.15, 0.2) is 0 Å². The average molecular weight is 373 g/mol. The number of esters is 1. The number of benzene rings is 2. The van der Waals surface area contributed by atoms with Gasteiger partial charge < -0.3 is 13.9 Å². The highest BCUT2D eigenvalue weighted by atomic mass is 35.5. The molecule has 0 N–H and O–H groups in total. The summed E-state index contributed by atoms with van der Waals surface area (Å²) < 4.78 is 15.7. The lowest BCUT2D eigenvalue weighted by Crippen LogP contribution is -2.10. The van der Waals surface area contributed by atoms with Crippen LogP contribution in [0.3, 0.4) is 0 Å². The molecule has 0 atom stereocenters. The van der Waals surface area contributed by atoms with Gasteiger partial charge in [0.2, 0.25) is 0 Å².